The van der Waals surface area contributed by atoms with Crippen LogP contribution >= 0.6 is 11.6 Å². The molecule has 0 unspecified atom stereocenters. The molecule has 13 heavy (non-hydrogen) atoms. The summed E-state index contributed by atoms with van der Waals surface area (Å²) in [6.07, 6.45) is 3.73. The Kier molecular flexibility index (Phi) is 8.90. The molecule has 0 spiro atoms. The van der Waals surface area contributed by atoms with Gasteiger partial charge in [-0.2, -0.15) is 0 Å². The summed E-state index contributed by atoms with van der Waals surface area (Å²) in [6, 6.07) is 8.71. The highest BCUT2D eigenvalue weighted by atomic mass is 35.5. The van der Waals surface area contributed by atoms with Crippen LogP contribution < -0.4 is 0 Å². The molecular weight excluding hydrogens is 184 g/mol. The van der Waals surface area contributed by atoms with Gasteiger partial charge in [0.15, 0.2) is 0 Å². The van der Waals surface area contributed by atoms with E-state index in [0.29, 0.717) is 5.75 Å². The molecule has 1 aromatic rings. The van der Waals surface area contributed by atoms with Crippen LogP contribution in [0, 0.1) is 0 Å². The lowest BCUT2D eigenvalue weighted by Crippen LogP contribution is -1.70. The molecule has 0 aliphatic heterocycles. The lowest BCUT2D eigenvalue weighted by Gasteiger charge is -1.84. The maximum atomic E-state index is 8.63. The second-order valence-corrected chi connectivity index (χ2v) is 3.11. The fraction of sp³-hybridized carbons (Fsp3) is 0.455. The number of para-hydroxylation sites is 1. The molecule has 0 bridgehead atoms. The normalized spacial score (nSPS) is 8.77. The minimum Gasteiger partial charge on any atom is -0.508 e. The van der Waals surface area contributed by atoms with Crippen LogP contribution in [0.3, 0.4) is 0 Å². The molecule has 0 saturated heterocycles. The van der Waals surface area contributed by atoms with Crippen LogP contribution in [0.1, 0.15) is 26.2 Å². The number of alkyl halides is 1. The van der Waals surface area contributed by atoms with E-state index in [9.17, 15) is 0 Å². The molecule has 1 rings (SSSR count). The summed E-state index contributed by atoms with van der Waals surface area (Å²) < 4.78 is 0. The Bertz CT molecular complexity index is 183. The Balaban J connectivity index is 0.000000226. The predicted molar refractivity (Wildman–Crippen MR) is 58.4 cm³/mol. The van der Waals surface area contributed by atoms with E-state index in [4.69, 9.17) is 16.7 Å². The van der Waals surface area contributed by atoms with E-state index in [1.807, 2.05) is 6.07 Å². The molecule has 0 saturated carbocycles. The first-order chi connectivity index (χ1) is 6.31. The van der Waals surface area contributed by atoms with Crippen molar-refractivity contribution in [3.05, 3.63) is 30.3 Å². The maximum absolute atomic E-state index is 8.63. The molecule has 2 heteroatoms. The third-order valence-corrected chi connectivity index (χ3v) is 1.76. The minimum atomic E-state index is 0.322. The van der Waals surface area contributed by atoms with E-state index in [2.05, 4.69) is 6.92 Å². The first-order valence-electron chi connectivity index (χ1n) is 4.61. The van der Waals surface area contributed by atoms with Crippen molar-refractivity contribution < 1.29 is 5.11 Å². The molecule has 1 aromatic carbocycles. The number of halogens is 1. The van der Waals surface area contributed by atoms with Crippen LogP contribution in [0.25, 0.3) is 0 Å². The number of hydrogen-bond donors (Lipinski definition) is 1. The Hall–Kier alpha value is -0.690. The lowest BCUT2D eigenvalue weighted by molar-refractivity contribution is 0.475. The van der Waals surface area contributed by atoms with Crippen LogP contribution in [0.4, 0.5) is 0 Å². The zero-order chi connectivity index (χ0) is 9.94. The van der Waals surface area contributed by atoms with Crippen molar-refractivity contribution in [2.45, 2.75) is 26.2 Å². The smallest absolute Gasteiger partial charge is 0.115 e. The minimum absolute atomic E-state index is 0.322. The van der Waals surface area contributed by atoms with Crippen molar-refractivity contribution in [1.82, 2.24) is 0 Å². The van der Waals surface area contributed by atoms with Gasteiger partial charge in [0.1, 0.15) is 5.75 Å². The number of hydrogen-bond acceptors (Lipinski definition) is 1. The second kappa shape index (κ2) is 9.40. The molecule has 0 radical (unpaired) electrons. The van der Waals surface area contributed by atoms with Gasteiger partial charge in [0.25, 0.3) is 0 Å². The van der Waals surface area contributed by atoms with Crippen molar-refractivity contribution in [2.75, 3.05) is 5.88 Å². The molecule has 1 nitrogen and oxygen atoms in total. The Morgan fingerprint density at radius 3 is 2.00 bits per heavy atom. The van der Waals surface area contributed by atoms with Gasteiger partial charge in [-0.25, -0.2) is 0 Å². The zero-order valence-electron chi connectivity index (χ0n) is 8.04. The summed E-state index contributed by atoms with van der Waals surface area (Å²) >= 11 is 5.38. The highest BCUT2D eigenvalue weighted by Gasteiger charge is 1.77. The molecule has 0 aliphatic rings. The van der Waals surface area contributed by atoms with Crippen molar-refractivity contribution in [2.24, 2.45) is 0 Å². The van der Waals surface area contributed by atoms with Gasteiger partial charge in [-0.15, -0.1) is 11.6 Å². The van der Waals surface area contributed by atoms with Gasteiger partial charge in [0.05, 0.1) is 0 Å². The Morgan fingerprint density at radius 1 is 1.15 bits per heavy atom. The van der Waals surface area contributed by atoms with Crippen molar-refractivity contribution in [3.8, 4) is 5.75 Å². The molecule has 0 fully saturated rings. The number of benzene rings is 1. The third kappa shape index (κ3) is 9.22. The van der Waals surface area contributed by atoms with E-state index in [1.165, 1.54) is 19.3 Å². The second-order valence-electron chi connectivity index (χ2n) is 2.73. The number of phenols is 1. The highest BCUT2D eigenvalue weighted by molar-refractivity contribution is 6.17. The number of rotatable bonds is 3. The van der Waals surface area contributed by atoms with Crippen LogP contribution in [0.2, 0.25) is 0 Å². The average molecular weight is 201 g/mol. The Labute approximate surface area is 85.4 Å². The summed E-state index contributed by atoms with van der Waals surface area (Å²) in [4.78, 5) is 0. The number of aromatic hydroxyl groups is 1. The van der Waals surface area contributed by atoms with Crippen LogP contribution in [-0.4, -0.2) is 11.0 Å². The topological polar surface area (TPSA) is 20.2 Å². The number of phenolic OH excluding ortho intramolecular Hbond substituents is 1. The Morgan fingerprint density at radius 2 is 1.77 bits per heavy atom. The van der Waals surface area contributed by atoms with Crippen LogP contribution in [-0.2, 0) is 0 Å². The van der Waals surface area contributed by atoms with Gasteiger partial charge in [-0.3, -0.25) is 0 Å². The fourth-order valence-electron chi connectivity index (χ4n) is 0.772. The first kappa shape index (κ1) is 12.3. The first-order valence-corrected chi connectivity index (χ1v) is 5.14. The fourth-order valence-corrected chi connectivity index (χ4v) is 0.961. The summed E-state index contributed by atoms with van der Waals surface area (Å²) in [7, 11) is 0. The van der Waals surface area contributed by atoms with Gasteiger partial charge in [-0.1, -0.05) is 38.0 Å². The van der Waals surface area contributed by atoms with Gasteiger partial charge in [0.2, 0.25) is 0 Å². The molecule has 0 atom stereocenters. The molecular formula is C11H17ClO. The lowest BCUT2D eigenvalue weighted by atomic mass is 10.3. The van der Waals surface area contributed by atoms with E-state index >= 15 is 0 Å². The van der Waals surface area contributed by atoms with Crippen LogP contribution in [0.5, 0.6) is 5.75 Å². The molecule has 0 amide bonds. The largest absolute Gasteiger partial charge is 0.508 e. The SMILES string of the molecule is CCCCCCl.Oc1ccccc1. The molecule has 0 heterocycles. The van der Waals surface area contributed by atoms with Crippen molar-refractivity contribution in [1.29, 1.82) is 0 Å². The maximum Gasteiger partial charge on any atom is 0.115 e. The molecule has 1 N–H and O–H groups in total. The zero-order valence-corrected chi connectivity index (χ0v) is 8.80. The average Bonchev–Trinajstić information content (AvgIpc) is 2.17. The van der Waals surface area contributed by atoms with Crippen molar-refractivity contribution in [3.63, 3.8) is 0 Å². The van der Waals surface area contributed by atoms with E-state index in [1.54, 1.807) is 24.3 Å². The van der Waals surface area contributed by atoms with Gasteiger partial charge in [-0.05, 0) is 18.6 Å². The van der Waals surface area contributed by atoms with Crippen molar-refractivity contribution >= 4 is 11.6 Å². The van der Waals surface area contributed by atoms with Gasteiger partial charge < -0.3 is 5.11 Å². The standard InChI is InChI=1S/C6H6O.C5H11Cl/c7-6-4-2-1-3-5-6;1-2-3-4-5-6/h1-5,7H;2-5H2,1H3. The summed E-state index contributed by atoms with van der Waals surface area (Å²) in [5.41, 5.74) is 0. The summed E-state index contributed by atoms with van der Waals surface area (Å²) in [6.45, 7) is 2.17. The molecule has 74 valence electrons. The summed E-state index contributed by atoms with van der Waals surface area (Å²) in [5, 5.41) is 8.63. The molecule has 0 aromatic heterocycles. The van der Waals surface area contributed by atoms with E-state index in [-0.39, 0.29) is 0 Å². The quantitative estimate of drug-likeness (QED) is 0.581. The third-order valence-electron chi connectivity index (χ3n) is 1.49. The number of unbranched alkanes of at least 4 members (excludes halogenated alkanes) is 2. The summed E-state index contributed by atoms with van der Waals surface area (Å²) in [5.74, 6) is 1.15. The predicted octanol–water partition coefficient (Wildman–Crippen LogP) is 3.81. The van der Waals surface area contributed by atoms with E-state index in [0.717, 1.165) is 5.88 Å². The molecule has 0 aliphatic carbocycles. The van der Waals surface area contributed by atoms with Gasteiger partial charge in [0, 0.05) is 5.88 Å². The van der Waals surface area contributed by atoms with Crippen LogP contribution in [0.15, 0.2) is 30.3 Å². The van der Waals surface area contributed by atoms with E-state index < -0.39 is 0 Å². The monoisotopic (exact) mass is 200 g/mol. The van der Waals surface area contributed by atoms with Gasteiger partial charge >= 0.3 is 0 Å². The highest BCUT2D eigenvalue weighted by Crippen LogP contribution is 2.02.